The van der Waals surface area contributed by atoms with E-state index in [9.17, 15) is 4.79 Å². The Balaban J connectivity index is 3.30. The lowest BCUT2D eigenvalue weighted by Gasteiger charge is -2.10. The number of hydrogen-bond acceptors (Lipinski definition) is 3. The van der Waals surface area contributed by atoms with Crippen LogP contribution in [-0.2, 0) is 9.53 Å². The van der Waals surface area contributed by atoms with Crippen molar-refractivity contribution < 1.29 is 9.53 Å². The normalized spacial score (nSPS) is 10.9. The summed E-state index contributed by atoms with van der Waals surface area (Å²) >= 11 is 0. The molecule has 0 aliphatic carbocycles. The molecule has 0 aromatic rings. The van der Waals surface area contributed by atoms with Gasteiger partial charge in [-0.25, -0.2) is 0 Å². The third kappa shape index (κ3) is 9.34. The number of ether oxygens (including phenoxy) is 1. The second-order valence-corrected chi connectivity index (χ2v) is 3.96. The van der Waals surface area contributed by atoms with E-state index in [1.165, 1.54) is 0 Å². The summed E-state index contributed by atoms with van der Waals surface area (Å²) in [5, 5.41) is 0. The zero-order valence-corrected chi connectivity index (χ0v) is 9.17. The van der Waals surface area contributed by atoms with Gasteiger partial charge in [0, 0.05) is 13.0 Å². The summed E-state index contributed by atoms with van der Waals surface area (Å²) in [6, 6.07) is 0. The second kappa shape index (κ2) is 6.89. The molecule has 0 N–H and O–H groups in total. The molecule has 0 amide bonds. The van der Waals surface area contributed by atoms with Crippen molar-refractivity contribution in [1.82, 2.24) is 4.90 Å². The average Bonchev–Trinajstić information content (AvgIpc) is 2.00. The first-order chi connectivity index (χ1) is 6.02. The van der Waals surface area contributed by atoms with Crippen molar-refractivity contribution in [3.63, 3.8) is 0 Å². The van der Waals surface area contributed by atoms with Crippen LogP contribution in [0.1, 0.15) is 26.7 Å². The first-order valence-electron chi connectivity index (χ1n) is 4.82. The number of hydrogen-bond donors (Lipinski definition) is 0. The summed E-state index contributed by atoms with van der Waals surface area (Å²) in [5.41, 5.74) is 0. The van der Waals surface area contributed by atoms with Gasteiger partial charge in [-0.1, -0.05) is 13.8 Å². The summed E-state index contributed by atoms with van der Waals surface area (Å²) in [5.74, 6) is 0.497. The van der Waals surface area contributed by atoms with Crippen molar-refractivity contribution in [3.05, 3.63) is 0 Å². The minimum absolute atomic E-state index is 0.0736. The molecule has 0 radical (unpaired) electrons. The van der Waals surface area contributed by atoms with Gasteiger partial charge >= 0.3 is 5.97 Å². The highest BCUT2D eigenvalue weighted by molar-refractivity contribution is 5.69. The summed E-state index contributed by atoms with van der Waals surface area (Å²) in [7, 11) is 3.92. The molecule has 78 valence electrons. The van der Waals surface area contributed by atoms with E-state index < -0.39 is 0 Å². The van der Waals surface area contributed by atoms with E-state index in [0.717, 1.165) is 13.0 Å². The molecule has 0 fully saturated rings. The Morgan fingerprint density at radius 2 is 2.00 bits per heavy atom. The minimum atomic E-state index is -0.0736. The van der Waals surface area contributed by atoms with Crippen LogP contribution >= 0.6 is 0 Å². The number of esters is 1. The van der Waals surface area contributed by atoms with E-state index in [1.807, 2.05) is 19.0 Å². The molecule has 0 aromatic heterocycles. The molecule has 0 aliphatic heterocycles. The Labute approximate surface area is 81.1 Å². The quantitative estimate of drug-likeness (QED) is 0.591. The number of nitrogens with zero attached hydrogens (tertiary/aromatic N) is 1. The van der Waals surface area contributed by atoms with Gasteiger partial charge in [-0.15, -0.1) is 0 Å². The molecular formula is C10H21NO2. The molecule has 0 heterocycles. The van der Waals surface area contributed by atoms with Crippen molar-refractivity contribution in [3.8, 4) is 0 Å². The lowest BCUT2D eigenvalue weighted by atomic mass is 10.1. The molecule has 0 aliphatic rings. The zero-order valence-electron chi connectivity index (χ0n) is 9.17. The van der Waals surface area contributed by atoms with E-state index in [4.69, 9.17) is 4.74 Å². The number of rotatable bonds is 6. The molecule has 0 aromatic carbocycles. The van der Waals surface area contributed by atoms with Crippen LogP contribution in [0.3, 0.4) is 0 Å². The average molecular weight is 187 g/mol. The van der Waals surface area contributed by atoms with Gasteiger partial charge in [0.15, 0.2) is 0 Å². The second-order valence-electron chi connectivity index (χ2n) is 3.96. The number of carbonyl (C=O) groups is 1. The van der Waals surface area contributed by atoms with Crippen LogP contribution in [-0.4, -0.2) is 38.1 Å². The van der Waals surface area contributed by atoms with Gasteiger partial charge in [-0.3, -0.25) is 4.79 Å². The van der Waals surface area contributed by atoms with Crippen LogP contribution in [0.2, 0.25) is 0 Å². The zero-order chi connectivity index (χ0) is 10.3. The van der Waals surface area contributed by atoms with Gasteiger partial charge in [0.05, 0.1) is 0 Å². The minimum Gasteiger partial charge on any atom is -0.464 e. The molecular weight excluding hydrogens is 166 g/mol. The lowest BCUT2D eigenvalue weighted by molar-refractivity contribution is -0.144. The van der Waals surface area contributed by atoms with E-state index in [-0.39, 0.29) is 5.97 Å². The molecule has 3 nitrogen and oxygen atoms in total. The Morgan fingerprint density at radius 3 is 2.46 bits per heavy atom. The molecule has 0 saturated carbocycles. The van der Waals surface area contributed by atoms with E-state index in [0.29, 0.717) is 18.9 Å². The summed E-state index contributed by atoms with van der Waals surface area (Å²) < 4.78 is 5.02. The highest BCUT2D eigenvalue weighted by atomic mass is 16.5. The fourth-order valence-corrected chi connectivity index (χ4v) is 0.821. The van der Waals surface area contributed by atoms with Gasteiger partial charge in [0.25, 0.3) is 0 Å². The third-order valence-corrected chi connectivity index (χ3v) is 1.73. The number of likely N-dealkylation sites (N-methyl/N-ethyl adjacent to an activating group) is 1. The monoisotopic (exact) mass is 187 g/mol. The Bertz CT molecular complexity index is 144. The molecule has 0 unspecified atom stereocenters. The Kier molecular flexibility index (Phi) is 6.59. The lowest BCUT2D eigenvalue weighted by Crippen LogP contribution is -2.20. The summed E-state index contributed by atoms with van der Waals surface area (Å²) in [4.78, 5) is 13.1. The molecule has 0 spiro atoms. The Morgan fingerprint density at radius 1 is 1.38 bits per heavy atom. The van der Waals surface area contributed by atoms with Crippen LogP contribution in [0.15, 0.2) is 0 Å². The predicted molar refractivity (Wildman–Crippen MR) is 53.6 cm³/mol. The molecule has 0 saturated heterocycles. The van der Waals surface area contributed by atoms with Crippen molar-refractivity contribution in [2.45, 2.75) is 26.7 Å². The van der Waals surface area contributed by atoms with Gasteiger partial charge in [0.1, 0.15) is 6.61 Å². The van der Waals surface area contributed by atoms with E-state index in [1.54, 1.807) is 0 Å². The fourth-order valence-electron chi connectivity index (χ4n) is 0.821. The number of carbonyl (C=O) groups excluding carboxylic acids is 1. The van der Waals surface area contributed by atoms with Crippen LogP contribution in [0.5, 0.6) is 0 Å². The van der Waals surface area contributed by atoms with Gasteiger partial charge < -0.3 is 9.64 Å². The smallest absolute Gasteiger partial charge is 0.305 e. The van der Waals surface area contributed by atoms with Crippen molar-refractivity contribution in [2.24, 2.45) is 5.92 Å². The van der Waals surface area contributed by atoms with Gasteiger partial charge in [-0.2, -0.15) is 0 Å². The standard InChI is InChI=1S/C10H21NO2/c1-9(2)5-6-10(12)13-8-7-11(3)4/h9H,5-8H2,1-4H3. The third-order valence-electron chi connectivity index (χ3n) is 1.73. The molecule has 0 atom stereocenters. The predicted octanol–water partition coefficient (Wildman–Crippen LogP) is 1.53. The summed E-state index contributed by atoms with van der Waals surface area (Å²) in [6.07, 6.45) is 1.46. The van der Waals surface area contributed by atoms with E-state index >= 15 is 0 Å². The van der Waals surface area contributed by atoms with Crippen molar-refractivity contribution >= 4 is 5.97 Å². The van der Waals surface area contributed by atoms with Crippen LogP contribution in [0.25, 0.3) is 0 Å². The molecule has 3 heteroatoms. The van der Waals surface area contributed by atoms with Crippen LogP contribution < -0.4 is 0 Å². The molecule has 0 rings (SSSR count). The van der Waals surface area contributed by atoms with Gasteiger partial charge in [0.2, 0.25) is 0 Å². The summed E-state index contributed by atoms with van der Waals surface area (Å²) in [6.45, 7) is 5.51. The topological polar surface area (TPSA) is 29.5 Å². The van der Waals surface area contributed by atoms with Crippen molar-refractivity contribution in [1.29, 1.82) is 0 Å². The largest absolute Gasteiger partial charge is 0.464 e. The van der Waals surface area contributed by atoms with Crippen molar-refractivity contribution in [2.75, 3.05) is 27.2 Å². The maximum Gasteiger partial charge on any atom is 0.305 e. The first-order valence-corrected chi connectivity index (χ1v) is 4.82. The highest BCUT2D eigenvalue weighted by Gasteiger charge is 2.04. The van der Waals surface area contributed by atoms with E-state index in [2.05, 4.69) is 13.8 Å². The maximum absolute atomic E-state index is 11.1. The Hall–Kier alpha value is -0.570. The first kappa shape index (κ1) is 12.4. The maximum atomic E-state index is 11.1. The molecule has 0 bridgehead atoms. The van der Waals surface area contributed by atoms with Crippen LogP contribution in [0.4, 0.5) is 0 Å². The SMILES string of the molecule is CC(C)CCC(=O)OCCN(C)C. The van der Waals surface area contributed by atoms with Gasteiger partial charge in [-0.05, 0) is 26.4 Å². The fraction of sp³-hybridized carbons (Fsp3) is 0.900. The molecule has 13 heavy (non-hydrogen) atoms. The van der Waals surface area contributed by atoms with Crippen LogP contribution in [0, 0.1) is 5.92 Å². The highest BCUT2D eigenvalue weighted by Crippen LogP contribution is 2.04.